The lowest BCUT2D eigenvalue weighted by Gasteiger charge is -2.18. The lowest BCUT2D eigenvalue weighted by molar-refractivity contribution is -0.117. The number of benzene rings is 1. The van der Waals surface area contributed by atoms with Gasteiger partial charge < -0.3 is 14.4 Å². The molecule has 8 heteroatoms. The van der Waals surface area contributed by atoms with Crippen molar-refractivity contribution in [1.82, 2.24) is 0 Å². The van der Waals surface area contributed by atoms with Crippen LogP contribution in [0.15, 0.2) is 18.2 Å². The van der Waals surface area contributed by atoms with Crippen molar-refractivity contribution in [1.29, 1.82) is 0 Å². The molecule has 0 N–H and O–H groups in total. The predicted octanol–water partition coefficient (Wildman–Crippen LogP) is 1.63. The van der Waals surface area contributed by atoms with E-state index in [4.69, 9.17) is 20.2 Å². The van der Waals surface area contributed by atoms with E-state index in [0.29, 0.717) is 23.7 Å². The van der Waals surface area contributed by atoms with E-state index in [0.717, 1.165) is 0 Å². The average molecular weight is 334 g/mol. The van der Waals surface area contributed by atoms with Crippen LogP contribution in [-0.4, -0.2) is 40.8 Å². The molecule has 21 heavy (non-hydrogen) atoms. The van der Waals surface area contributed by atoms with Crippen LogP contribution in [0.5, 0.6) is 11.5 Å². The Kier molecular flexibility index (Phi) is 4.63. The topological polar surface area (TPSA) is 72.9 Å². The van der Waals surface area contributed by atoms with E-state index in [9.17, 15) is 13.2 Å². The second kappa shape index (κ2) is 6.11. The molecule has 1 saturated heterocycles. The minimum Gasteiger partial charge on any atom is -0.497 e. The fourth-order valence-electron chi connectivity index (χ4n) is 2.37. The Hall–Kier alpha value is -1.47. The van der Waals surface area contributed by atoms with Gasteiger partial charge in [0.05, 0.1) is 25.7 Å². The quantitative estimate of drug-likeness (QED) is 0.766. The monoisotopic (exact) mass is 333 g/mol. The maximum Gasteiger partial charge on any atom is 0.232 e. The summed E-state index contributed by atoms with van der Waals surface area (Å²) >= 11 is 0. The molecule has 0 aliphatic carbocycles. The molecule has 1 aliphatic heterocycles. The summed E-state index contributed by atoms with van der Waals surface area (Å²) in [5.74, 6) is 0.460. The fourth-order valence-corrected chi connectivity index (χ4v) is 3.69. The molecule has 0 radical (unpaired) electrons. The number of hydrogen-bond donors (Lipinski definition) is 0. The van der Waals surface area contributed by atoms with Crippen LogP contribution in [0.25, 0.3) is 0 Å². The van der Waals surface area contributed by atoms with Crippen LogP contribution >= 0.6 is 10.7 Å². The van der Waals surface area contributed by atoms with E-state index < -0.39 is 9.05 Å². The van der Waals surface area contributed by atoms with Crippen molar-refractivity contribution in [2.75, 3.05) is 31.4 Å². The van der Waals surface area contributed by atoms with Crippen molar-refractivity contribution in [3.8, 4) is 11.5 Å². The van der Waals surface area contributed by atoms with Gasteiger partial charge in [-0.1, -0.05) is 0 Å². The Morgan fingerprint density at radius 2 is 1.81 bits per heavy atom. The molecule has 116 valence electrons. The number of carbonyl (C=O) groups is 1. The van der Waals surface area contributed by atoms with Crippen molar-refractivity contribution >= 4 is 31.3 Å². The molecule has 1 aliphatic rings. The highest BCUT2D eigenvalue weighted by Crippen LogP contribution is 2.32. The summed E-state index contributed by atoms with van der Waals surface area (Å²) in [4.78, 5) is 13.6. The third kappa shape index (κ3) is 4.01. The van der Waals surface area contributed by atoms with Gasteiger partial charge in [-0.05, 0) is 0 Å². The molecule has 0 saturated carbocycles. The first kappa shape index (κ1) is 15.9. The number of anilines is 1. The Labute approximate surface area is 128 Å². The van der Waals surface area contributed by atoms with Gasteiger partial charge in [0.2, 0.25) is 15.0 Å². The summed E-state index contributed by atoms with van der Waals surface area (Å²) in [6.45, 7) is 0.307. The molecule has 0 bridgehead atoms. The van der Waals surface area contributed by atoms with Gasteiger partial charge in [0.15, 0.2) is 0 Å². The first-order valence-corrected chi connectivity index (χ1v) is 8.76. The number of rotatable bonds is 5. The fraction of sp³-hybridized carbons (Fsp3) is 0.462. The Balaban J connectivity index is 2.24. The normalized spacial score (nSPS) is 18.9. The number of hydrogen-bond acceptors (Lipinski definition) is 5. The SMILES string of the molecule is COc1cc(OC)cc(N2CC(CS(=O)(=O)Cl)CC2=O)c1. The first-order chi connectivity index (χ1) is 9.82. The lowest BCUT2D eigenvalue weighted by atomic mass is 10.1. The van der Waals surface area contributed by atoms with Crippen molar-refractivity contribution in [2.24, 2.45) is 5.92 Å². The third-order valence-corrected chi connectivity index (χ3v) is 4.54. The van der Waals surface area contributed by atoms with Crippen molar-refractivity contribution in [3.05, 3.63) is 18.2 Å². The molecule has 0 aromatic heterocycles. The summed E-state index contributed by atoms with van der Waals surface area (Å²) in [5.41, 5.74) is 0.616. The first-order valence-electron chi connectivity index (χ1n) is 6.28. The maximum atomic E-state index is 12.1. The largest absolute Gasteiger partial charge is 0.497 e. The molecule has 2 rings (SSSR count). The number of nitrogens with zero attached hydrogens (tertiary/aromatic N) is 1. The Bertz CT molecular complexity index is 624. The second-order valence-corrected chi connectivity index (χ2v) is 7.67. The van der Waals surface area contributed by atoms with Crippen LogP contribution in [-0.2, 0) is 13.8 Å². The van der Waals surface area contributed by atoms with Gasteiger partial charge in [0, 0.05) is 47.8 Å². The molecule has 1 fully saturated rings. The van der Waals surface area contributed by atoms with Gasteiger partial charge in [-0.2, -0.15) is 0 Å². The highest BCUT2D eigenvalue weighted by atomic mass is 35.7. The zero-order valence-electron chi connectivity index (χ0n) is 11.7. The van der Waals surface area contributed by atoms with E-state index in [2.05, 4.69) is 0 Å². The minimum atomic E-state index is -3.62. The van der Waals surface area contributed by atoms with Crippen molar-refractivity contribution < 1.29 is 22.7 Å². The molecule has 1 amide bonds. The average Bonchev–Trinajstić information content (AvgIpc) is 2.76. The van der Waals surface area contributed by atoms with Crippen LogP contribution < -0.4 is 14.4 Å². The van der Waals surface area contributed by atoms with Gasteiger partial charge in [-0.3, -0.25) is 4.79 Å². The zero-order chi connectivity index (χ0) is 15.6. The van der Waals surface area contributed by atoms with E-state index >= 15 is 0 Å². The van der Waals surface area contributed by atoms with Gasteiger partial charge in [-0.25, -0.2) is 8.42 Å². The second-order valence-electron chi connectivity index (χ2n) is 4.85. The van der Waals surface area contributed by atoms with Crippen LogP contribution in [0, 0.1) is 5.92 Å². The number of carbonyl (C=O) groups excluding carboxylic acids is 1. The molecular formula is C13H16ClNO5S. The molecular weight excluding hydrogens is 318 g/mol. The van der Waals surface area contributed by atoms with E-state index in [1.54, 1.807) is 18.2 Å². The molecule has 1 heterocycles. The number of ether oxygens (including phenoxy) is 2. The maximum absolute atomic E-state index is 12.1. The lowest BCUT2D eigenvalue weighted by Crippen LogP contribution is -2.25. The molecule has 6 nitrogen and oxygen atoms in total. The van der Waals surface area contributed by atoms with Crippen LogP contribution in [0.4, 0.5) is 5.69 Å². The van der Waals surface area contributed by atoms with Crippen LogP contribution in [0.3, 0.4) is 0 Å². The van der Waals surface area contributed by atoms with Crippen LogP contribution in [0.2, 0.25) is 0 Å². The summed E-state index contributed by atoms with van der Waals surface area (Å²) in [6, 6.07) is 5.11. The predicted molar refractivity (Wildman–Crippen MR) is 79.6 cm³/mol. The summed E-state index contributed by atoms with van der Waals surface area (Å²) in [7, 11) is 4.68. The molecule has 1 aromatic rings. The standard InChI is InChI=1S/C13H16ClNO5S/c1-19-11-4-10(5-12(6-11)20-2)15-7-9(3-13(15)16)8-21(14,17)18/h4-6,9H,3,7-8H2,1-2H3. The number of amides is 1. The Morgan fingerprint density at radius 1 is 1.24 bits per heavy atom. The molecule has 1 unspecified atom stereocenters. The molecule has 1 atom stereocenters. The van der Waals surface area contributed by atoms with E-state index in [-0.39, 0.29) is 24.0 Å². The summed E-state index contributed by atoms with van der Waals surface area (Å²) < 4.78 is 32.6. The highest BCUT2D eigenvalue weighted by molar-refractivity contribution is 8.13. The van der Waals surface area contributed by atoms with Gasteiger partial charge in [-0.15, -0.1) is 0 Å². The minimum absolute atomic E-state index is 0.143. The van der Waals surface area contributed by atoms with Gasteiger partial charge in [0.1, 0.15) is 11.5 Å². The van der Waals surface area contributed by atoms with Crippen molar-refractivity contribution in [2.45, 2.75) is 6.42 Å². The summed E-state index contributed by atoms with van der Waals surface area (Å²) in [5, 5.41) is 0. The van der Waals surface area contributed by atoms with Crippen LogP contribution in [0.1, 0.15) is 6.42 Å². The van der Waals surface area contributed by atoms with Gasteiger partial charge >= 0.3 is 0 Å². The smallest absolute Gasteiger partial charge is 0.232 e. The van der Waals surface area contributed by atoms with Crippen molar-refractivity contribution in [3.63, 3.8) is 0 Å². The zero-order valence-corrected chi connectivity index (χ0v) is 13.3. The molecule has 0 spiro atoms. The van der Waals surface area contributed by atoms with E-state index in [1.807, 2.05) is 0 Å². The number of halogens is 1. The molecule has 1 aromatic carbocycles. The summed E-state index contributed by atoms with van der Waals surface area (Å²) in [6.07, 6.45) is 0.158. The third-order valence-electron chi connectivity index (χ3n) is 3.29. The number of methoxy groups -OCH3 is 2. The highest BCUT2D eigenvalue weighted by Gasteiger charge is 2.33. The van der Waals surface area contributed by atoms with Gasteiger partial charge in [0.25, 0.3) is 0 Å². The van der Waals surface area contributed by atoms with E-state index in [1.165, 1.54) is 19.1 Å². The Morgan fingerprint density at radius 3 is 2.29 bits per heavy atom.